The Balaban J connectivity index is 1.96. The van der Waals surface area contributed by atoms with Gasteiger partial charge >= 0.3 is 0 Å². The van der Waals surface area contributed by atoms with E-state index in [0.29, 0.717) is 6.04 Å². The maximum absolute atomic E-state index is 6.18. The van der Waals surface area contributed by atoms with E-state index < -0.39 is 0 Å². The lowest BCUT2D eigenvalue weighted by molar-refractivity contribution is 0.353. The summed E-state index contributed by atoms with van der Waals surface area (Å²) in [5.74, 6) is 0.824. The second kappa shape index (κ2) is 5.92. The Labute approximate surface area is 118 Å². The standard InChI is InChI=1S/C13H19Cl2NS/c1-8(10-5-3-4-6-10)16-9(2)11-7-12(14)17-13(11)15/h7-10,16H,3-6H2,1-2H3/t8-,9?/m1/s1. The zero-order valence-electron chi connectivity index (χ0n) is 10.3. The maximum Gasteiger partial charge on any atom is 0.0991 e. The second-order valence-electron chi connectivity index (χ2n) is 5.00. The summed E-state index contributed by atoms with van der Waals surface area (Å²) in [6.45, 7) is 4.45. The van der Waals surface area contributed by atoms with Crippen LogP contribution in [0, 0.1) is 5.92 Å². The molecule has 1 aliphatic carbocycles. The van der Waals surface area contributed by atoms with E-state index in [2.05, 4.69) is 19.2 Å². The SMILES string of the molecule is CC(N[C@H](C)C1CCCC1)c1cc(Cl)sc1Cl. The van der Waals surface area contributed by atoms with Crippen molar-refractivity contribution in [2.45, 2.75) is 51.6 Å². The van der Waals surface area contributed by atoms with E-state index in [0.717, 1.165) is 20.2 Å². The molecule has 17 heavy (non-hydrogen) atoms. The van der Waals surface area contributed by atoms with Crippen molar-refractivity contribution in [1.82, 2.24) is 5.32 Å². The molecule has 1 aliphatic rings. The molecule has 1 unspecified atom stereocenters. The van der Waals surface area contributed by atoms with Crippen LogP contribution in [0.2, 0.25) is 8.67 Å². The molecule has 4 heteroatoms. The van der Waals surface area contributed by atoms with Gasteiger partial charge in [-0.2, -0.15) is 0 Å². The van der Waals surface area contributed by atoms with Crippen LogP contribution in [0.15, 0.2) is 6.07 Å². The fraction of sp³-hybridized carbons (Fsp3) is 0.692. The fourth-order valence-electron chi connectivity index (χ4n) is 2.73. The number of hydrogen-bond acceptors (Lipinski definition) is 2. The summed E-state index contributed by atoms with van der Waals surface area (Å²) in [5.41, 5.74) is 1.13. The number of nitrogens with one attached hydrogen (secondary N) is 1. The van der Waals surface area contributed by atoms with Crippen molar-refractivity contribution in [2.24, 2.45) is 5.92 Å². The summed E-state index contributed by atoms with van der Waals surface area (Å²) in [4.78, 5) is 0. The highest BCUT2D eigenvalue weighted by Crippen LogP contribution is 2.36. The highest BCUT2D eigenvalue weighted by molar-refractivity contribution is 7.20. The smallest absolute Gasteiger partial charge is 0.0991 e. The molecule has 1 N–H and O–H groups in total. The van der Waals surface area contributed by atoms with Crippen LogP contribution in [0.3, 0.4) is 0 Å². The van der Waals surface area contributed by atoms with Crippen LogP contribution in [0.25, 0.3) is 0 Å². The maximum atomic E-state index is 6.18. The molecule has 1 fully saturated rings. The molecule has 1 heterocycles. The first-order chi connectivity index (χ1) is 8.08. The summed E-state index contributed by atoms with van der Waals surface area (Å²) in [6, 6.07) is 2.82. The number of halogens is 2. The normalized spacial score (nSPS) is 20.7. The third kappa shape index (κ3) is 3.37. The molecule has 96 valence electrons. The average Bonchev–Trinajstić information content (AvgIpc) is 2.87. The number of rotatable bonds is 4. The highest BCUT2D eigenvalue weighted by atomic mass is 35.5. The van der Waals surface area contributed by atoms with Crippen LogP contribution in [0.4, 0.5) is 0 Å². The molecule has 0 spiro atoms. The van der Waals surface area contributed by atoms with Gasteiger partial charge in [-0.05, 0) is 44.2 Å². The van der Waals surface area contributed by atoms with Gasteiger partial charge in [0.05, 0.1) is 8.67 Å². The van der Waals surface area contributed by atoms with Gasteiger partial charge in [-0.25, -0.2) is 0 Å². The lowest BCUT2D eigenvalue weighted by atomic mass is 9.98. The monoisotopic (exact) mass is 291 g/mol. The minimum absolute atomic E-state index is 0.279. The van der Waals surface area contributed by atoms with Gasteiger partial charge < -0.3 is 5.32 Å². The fourth-order valence-corrected chi connectivity index (χ4v) is 4.37. The molecule has 0 amide bonds. The van der Waals surface area contributed by atoms with Gasteiger partial charge in [-0.1, -0.05) is 36.0 Å². The van der Waals surface area contributed by atoms with Crippen molar-refractivity contribution in [1.29, 1.82) is 0 Å². The first kappa shape index (κ1) is 13.7. The topological polar surface area (TPSA) is 12.0 Å². The minimum Gasteiger partial charge on any atom is -0.307 e. The highest BCUT2D eigenvalue weighted by Gasteiger charge is 2.23. The van der Waals surface area contributed by atoms with E-state index in [-0.39, 0.29) is 6.04 Å². The Bertz CT molecular complexity index is 371. The van der Waals surface area contributed by atoms with Crippen molar-refractivity contribution >= 4 is 34.5 Å². The van der Waals surface area contributed by atoms with E-state index in [1.807, 2.05) is 6.07 Å². The predicted octanol–water partition coefficient (Wildman–Crippen LogP) is 5.28. The molecular formula is C13H19Cl2NS. The van der Waals surface area contributed by atoms with E-state index in [4.69, 9.17) is 23.2 Å². The summed E-state index contributed by atoms with van der Waals surface area (Å²) in [6.07, 6.45) is 5.49. The number of hydrogen-bond donors (Lipinski definition) is 1. The molecule has 1 saturated carbocycles. The molecule has 0 saturated heterocycles. The summed E-state index contributed by atoms with van der Waals surface area (Å²) in [5, 5.41) is 3.66. The molecule has 0 bridgehead atoms. The summed E-state index contributed by atoms with van der Waals surface area (Å²) < 4.78 is 1.58. The molecule has 1 aromatic rings. The molecule has 0 aliphatic heterocycles. The van der Waals surface area contributed by atoms with Crippen LogP contribution in [0.1, 0.15) is 51.1 Å². The van der Waals surface area contributed by atoms with Crippen molar-refractivity contribution in [3.05, 3.63) is 20.3 Å². The summed E-state index contributed by atoms with van der Waals surface area (Å²) >= 11 is 13.6. The Morgan fingerprint density at radius 1 is 1.29 bits per heavy atom. The Morgan fingerprint density at radius 2 is 1.94 bits per heavy atom. The first-order valence-corrected chi connectivity index (χ1v) is 7.86. The molecular weight excluding hydrogens is 273 g/mol. The van der Waals surface area contributed by atoms with Crippen LogP contribution in [-0.2, 0) is 0 Å². The lowest BCUT2D eigenvalue weighted by Gasteiger charge is -2.24. The van der Waals surface area contributed by atoms with Crippen molar-refractivity contribution in [3.63, 3.8) is 0 Å². The quantitative estimate of drug-likeness (QED) is 0.795. The molecule has 0 radical (unpaired) electrons. The average molecular weight is 292 g/mol. The third-order valence-corrected chi connectivity index (χ3v) is 5.29. The van der Waals surface area contributed by atoms with Gasteiger partial charge in [-0.15, -0.1) is 11.3 Å². The van der Waals surface area contributed by atoms with Gasteiger partial charge in [0.2, 0.25) is 0 Å². The molecule has 0 aromatic carbocycles. The van der Waals surface area contributed by atoms with Crippen molar-refractivity contribution in [2.75, 3.05) is 0 Å². The predicted molar refractivity (Wildman–Crippen MR) is 77.3 cm³/mol. The van der Waals surface area contributed by atoms with Gasteiger partial charge in [-0.3, -0.25) is 0 Å². The van der Waals surface area contributed by atoms with Crippen LogP contribution in [0.5, 0.6) is 0 Å². The van der Waals surface area contributed by atoms with E-state index in [1.54, 1.807) is 0 Å². The molecule has 1 nitrogen and oxygen atoms in total. The van der Waals surface area contributed by atoms with Gasteiger partial charge in [0, 0.05) is 12.1 Å². The van der Waals surface area contributed by atoms with Crippen molar-refractivity contribution in [3.8, 4) is 0 Å². The van der Waals surface area contributed by atoms with Crippen LogP contribution in [-0.4, -0.2) is 6.04 Å². The Hall–Kier alpha value is 0.240. The molecule has 1 aromatic heterocycles. The van der Waals surface area contributed by atoms with Gasteiger partial charge in [0.1, 0.15) is 0 Å². The largest absolute Gasteiger partial charge is 0.307 e. The first-order valence-electron chi connectivity index (χ1n) is 6.28. The molecule has 2 rings (SSSR count). The second-order valence-corrected chi connectivity index (χ2v) is 7.29. The van der Waals surface area contributed by atoms with Gasteiger partial charge in [0.25, 0.3) is 0 Å². The Kier molecular flexibility index (Phi) is 4.76. The minimum atomic E-state index is 0.279. The van der Waals surface area contributed by atoms with Crippen LogP contribution < -0.4 is 5.32 Å². The van der Waals surface area contributed by atoms with E-state index in [9.17, 15) is 0 Å². The van der Waals surface area contributed by atoms with Gasteiger partial charge in [0.15, 0.2) is 0 Å². The lowest BCUT2D eigenvalue weighted by Crippen LogP contribution is -2.34. The van der Waals surface area contributed by atoms with E-state index >= 15 is 0 Å². The third-order valence-electron chi connectivity index (χ3n) is 3.77. The van der Waals surface area contributed by atoms with Crippen LogP contribution >= 0.6 is 34.5 Å². The summed E-state index contributed by atoms with van der Waals surface area (Å²) in [7, 11) is 0. The van der Waals surface area contributed by atoms with E-state index in [1.165, 1.54) is 37.0 Å². The zero-order chi connectivity index (χ0) is 12.4. The number of thiophene rings is 1. The molecule has 2 atom stereocenters. The Morgan fingerprint density at radius 3 is 2.47 bits per heavy atom. The van der Waals surface area contributed by atoms with Crippen molar-refractivity contribution < 1.29 is 0 Å². The zero-order valence-corrected chi connectivity index (χ0v) is 12.6.